The highest BCUT2D eigenvalue weighted by molar-refractivity contribution is 5.32. The van der Waals surface area contributed by atoms with Gasteiger partial charge in [-0.15, -0.1) is 0 Å². The summed E-state index contributed by atoms with van der Waals surface area (Å²) in [6.07, 6.45) is 1.07. The summed E-state index contributed by atoms with van der Waals surface area (Å²) in [7, 11) is 0. The van der Waals surface area contributed by atoms with E-state index in [-0.39, 0.29) is 6.61 Å². The fourth-order valence-electron chi connectivity index (χ4n) is 1.72. The molecular formula is C13H18N2O. The first-order valence-electron chi connectivity index (χ1n) is 5.62. The van der Waals surface area contributed by atoms with E-state index in [1.165, 1.54) is 0 Å². The highest BCUT2D eigenvalue weighted by atomic mass is 16.3. The average molecular weight is 218 g/mol. The molecule has 16 heavy (non-hydrogen) atoms. The van der Waals surface area contributed by atoms with Gasteiger partial charge in [-0.2, -0.15) is 5.26 Å². The molecule has 86 valence electrons. The van der Waals surface area contributed by atoms with E-state index in [9.17, 15) is 0 Å². The van der Waals surface area contributed by atoms with E-state index in [0.717, 1.165) is 25.1 Å². The van der Waals surface area contributed by atoms with Crippen molar-refractivity contribution in [2.45, 2.75) is 19.9 Å². The molecule has 0 aliphatic heterocycles. The lowest BCUT2D eigenvalue weighted by molar-refractivity contribution is 0.190. The number of aliphatic hydroxyl groups excluding tert-OH is 1. The minimum absolute atomic E-state index is 0.179. The SMILES string of the molecule is CCCN(CCO)Cc1cccc(C#N)c1. The van der Waals surface area contributed by atoms with Crippen molar-refractivity contribution in [1.29, 1.82) is 5.26 Å². The first kappa shape index (κ1) is 12.7. The summed E-state index contributed by atoms with van der Waals surface area (Å²) < 4.78 is 0. The minimum Gasteiger partial charge on any atom is -0.395 e. The predicted octanol–water partition coefficient (Wildman–Crippen LogP) is 1.76. The van der Waals surface area contributed by atoms with Crippen LogP contribution in [-0.4, -0.2) is 29.7 Å². The third-order valence-electron chi connectivity index (χ3n) is 2.42. The van der Waals surface area contributed by atoms with Gasteiger partial charge in [0.15, 0.2) is 0 Å². The van der Waals surface area contributed by atoms with Crippen LogP contribution in [-0.2, 0) is 6.54 Å². The molecule has 3 heteroatoms. The van der Waals surface area contributed by atoms with Crippen molar-refractivity contribution in [2.75, 3.05) is 19.7 Å². The van der Waals surface area contributed by atoms with Crippen LogP contribution in [0, 0.1) is 11.3 Å². The summed E-state index contributed by atoms with van der Waals surface area (Å²) in [6, 6.07) is 9.76. The van der Waals surface area contributed by atoms with Crippen molar-refractivity contribution in [3.63, 3.8) is 0 Å². The molecule has 1 N–H and O–H groups in total. The molecule has 1 aromatic rings. The molecule has 0 heterocycles. The highest BCUT2D eigenvalue weighted by Gasteiger charge is 2.04. The topological polar surface area (TPSA) is 47.3 Å². The van der Waals surface area contributed by atoms with Crippen molar-refractivity contribution >= 4 is 0 Å². The Morgan fingerprint density at radius 2 is 2.19 bits per heavy atom. The van der Waals surface area contributed by atoms with E-state index >= 15 is 0 Å². The molecule has 1 rings (SSSR count). The number of nitrogens with zero attached hydrogens (tertiary/aromatic N) is 2. The van der Waals surface area contributed by atoms with Crippen LogP contribution in [0.25, 0.3) is 0 Å². The van der Waals surface area contributed by atoms with Gasteiger partial charge in [0, 0.05) is 13.1 Å². The minimum atomic E-state index is 0.179. The molecule has 0 saturated carbocycles. The van der Waals surface area contributed by atoms with Gasteiger partial charge in [0.2, 0.25) is 0 Å². The molecular weight excluding hydrogens is 200 g/mol. The van der Waals surface area contributed by atoms with Crippen LogP contribution in [0.1, 0.15) is 24.5 Å². The number of aliphatic hydroxyl groups is 1. The highest BCUT2D eigenvalue weighted by Crippen LogP contribution is 2.08. The summed E-state index contributed by atoms with van der Waals surface area (Å²) in [5, 5.41) is 17.7. The van der Waals surface area contributed by atoms with Crippen LogP contribution in [0.15, 0.2) is 24.3 Å². The normalized spacial score (nSPS) is 10.4. The predicted molar refractivity (Wildman–Crippen MR) is 63.8 cm³/mol. The monoisotopic (exact) mass is 218 g/mol. The van der Waals surface area contributed by atoms with Gasteiger partial charge in [0.05, 0.1) is 18.2 Å². The third-order valence-corrected chi connectivity index (χ3v) is 2.42. The summed E-state index contributed by atoms with van der Waals surface area (Å²) >= 11 is 0. The van der Waals surface area contributed by atoms with E-state index < -0.39 is 0 Å². The summed E-state index contributed by atoms with van der Waals surface area (Å²) in [5.41, 5.74) is 1.82. The Bertz CT molecular complexity index is 351. The van der Waals surface area contributed by atoms with Gasteiger partial charge in [-0.1, -0.05) is 19.1 Å². The fraction of sp³-hybridized carbons (Fsp3) is 0.462. The lowest BCUT2D eigenvalue weighted by atomic mass is 10.1. The van der Waals surface area contributed by atoms with Gasteiger partial charge in [-0.25, -0.2) is 0 Å². The van der Waals surface area contributed by atoms with Gasteiger partial charge in [0.25, 0.3) is 0 Å². The van der Waals surface area contributed by atoms with Crippen LogP contribution in [0.4, 0.5) is 0 Å². The standard InChI is InChI=1S/C13H18N2O/c1-2-6-15(7-8-16)11-13-5-3-4-12(9-13)10-14/h3-5,9,16H,2,6-8,11H2,1H3. The second kappa shape index (κ2) is 7.00. The largest absolute Gasteiger partial charge is 0.395 e. The molecule has 0 spiro atoms. The maximum atomic E-state index is 8.95. The van der Waals surface area contributed by atoms with Crippen LogP contribution < -0.4 is 0 Å². The van der Waals surface area contributed by atoms with Crippen molar-refractivity contribution in [3.8, 4) is 6.07 Å². The van der Waals surface area contributed by atoms with E-state index in [2.05, 4.69) is 17.9 Å². The fourth-order valence-corrected chi connectivity index (χ4v) is 1.72. The Morgan fingerprint density at radius 3 is 2.81 bits per heavy atom. The molecule has 3 nitrogen and oxygen atoms in total. The maximum Gasteiger partial charge on any atom is 0.0991 e. The molecule has 0 amide bonds. The zero-order chi connectivity index (χ0) is 11.8. The Labute approximate surface area is 96.9 Å². The quantitative estimate of drug-likeness (QED) is 0.791. The summed E-state index contributed by atoms with van der Waals surface area (Å²) in [5.74, 6) is 0. The average Bonchev–Trinajstić information content (AvgIpc) is 2.30. The molecule has 0 saturated heterocycles. The molecule has 0 radical (unpaired) electrons. The molecule has 0 aliphatic rings. The maximum absolute atomic E-state index is 8.95. The Hall–Kier alpha value is -1.37. The van der Waals surface area contributed by atoms with E-state index in [1.807, 2.05) is 18.2 Å². The van der Waals surface area contributed by atoms with Crippen molar-refractivity contribution in [3.05, 3.63) is 35.4 Å². The van der Waals surface area contributed by atoms with Crippen LogP contribution in [0.3, 0.4) is 0 Å². The lowest BCUT2D eigenvalue weighted by Gasteiger charge is -2.20. The van der Waals surface area contributed by atoms with Gasteiger partial charge in [-0.05, 0) is 30.7 Å². The van der Waals surface area contributed by atoms with Crippen LogP contribution in [0.5, 0.6) is 0 Å². The molecule has 1 aromatic carbocycles. The number of benzene rings is 1. The van der Waals surface area contributed by atoms with E-state index in [1.54, 1.807) is 6.07 Å². The Morgan fingerprint density at radius 1 is 1.38 bits per heavy atom. The van der Waals surface area contributed by atoms with Gasteiger partial charge in [-0.3, -0.25) is 4.90 Å². The number of hydrogen-bond acceptors (Lipinski definition) is 3. The van der Waals surface area contributed by atoms with Crippen LogP contribution in [0.2, 0.25) is 0 Å². The smallest absolute Gasteiger partial charge is 0.0991 e. The molecule has 0 bridgehead atoms. The first-order valence-corrected chi connectivity index (χ1v) is 5.62. The first-order chi connectivity index (χ1) is 7.80. The van der Waals surface area contributed by atoms with Gasteiger partial charge < -0.3 is 5.11 Å². The number of hydrogen-bond donors (Lipinski definition) is 1. The van der Waals surface area contributed by atoms with Crippen molar-refractivity contribution in [2.24, 2.45) is 0 Å². The number of nitriles is 1. The second-order valence-electron chi connectivity index (χ2n) is 3.81. The summed E-state index contributed by atoms with van der Waals surface area (Å²) in [4.78, 5) is 2.19. The second-order valence-corrected chi connectivity index (χ2v) is 3.81. The molecule has 0 atom stereocenters. The van der Waals surface area contributed by atoms with Crippen LogP contribution >= 0.6 is 0 Å². The zero-order valence-corrected chi connectivity index (χ0v) is 9.69. The van der Waals surface area contributed by atoms with Crippen molar-refractivity contribution < 1.29 is 5.11 Å². The van der Waals surface area contributed by atoms with E-state index in [0.29, 0.717) is 12.1 Å². The van der Waals surface area contributed by atoms with E-state index in [4.69, 9.17) is 10.4 Å². The third kappa shape index (κ3) is 4.01. The number of rotatable bonds is 6. The summed E-state index contributed by atoms with van der Waals surface area (Å²) in [6.45, 7) is 4.75. The Balaban J connectivity index is 2.65. The molecule has 0 aliphatic carbocycles. The lowest BCUT2D eigenvalue weighted by Crippen LogP contribution is -2.27. The van der Waals surface area contributed by atoms with Gasteiger partial charge in [0.1, 0.15) is 0 Å². The van der Waals surface area contributed by atoms with Gasteiger partial charge >= 0.3 is 0 Å². The molecule has 0 aromatic heterocycles. The molecule has 0 fully saturated rings. The van der Waals surface area contributed by atoms with Crippen molar-refractivity contribution in [1.82, 2.24) is 4.90 Å². The Kier molecular flexibility index (Phi) is 5.55. The molecule has 0 unspecified atom stereocenters. The zero-order valence-electron chi connectivity index (χ0n) is 9.69.